The summed E-state index contributed by atoms with van der Waals surface area (Å²) >= 11 is 0. The summed E-state index contributed by atoms with van der Waals surface area (Å²) in [4.78, 5) is 39.3. The number of nitrogens with zero attached hydrogens (tertiary/aromatic N) is 2. The topological polar surface area (TPSA) is 170 Å². The van der Waals surface area contributed by atoms with Gasteiger partial charge in [0, 0.05) is 44.5 Å². The number of aldehydes is 2. The number of rotatable bonds is 14. The third-order valence-corrected chi connectivity index (χ3v) is 5.32. The first-order valence-electron chi connectivity index (χ1n) is 13.6. The molecular formula is C29H47N7O5. The van der Waals surface area contributed by atoms with Crippen molar-refractivity contribution in [3.8, 4) is 5.75 Å². The van der Waals surface area contributed by atoms with Crippen LogP contribution in [0.2, 0.25) is 0 Å². The van der Waals surface area contributed by atoms with Gasteiger partial charge in [0.25, 0.3) is 0 Å². The molecule has 12 heteroatoms. The zero-order valence-electron chi connectivity index (χ0n) is 24.8. The van der Waals surface area contributed by atoms with Gasteiger partial charge < -0.3 is 41.3 Å². The Morgan fingerprint density at radius 1 is 1.12 bits per heavy atom. The lowest BCUT2D eigenvalue weighted by Crippen LogP contribution is -2.29. The Balaban J connectivity index is 0.00000125. The van der Waals surface area contributed by atoms with Gasteiger partial charge in [-0.3, -0.25) is 9.59 Å². The highest BCUT2D eigenvalue weighted by Gasteiger charge is 2.18. The molecule has 1 aliphatic rings. The minimum Gasteiger partial charge on any atom is -0.493 e. The number of hydrogen-bond donors (Lipinski definition) is 5. The molecule has 0 bridgehead atoms. The van der Waals surface area contributed by atoms with Crippen molar-refractivity contribution in [2.45, 2.75) is 45.1 Å². The standard InChI is InChI=1S/C22H31N5O3.C4H6O.C2H5NO.CH5N/c1-3-19-21(24-16-8-12-29-13-9-16)27-22(20(15-28)26-19)25-17-6-4-7-18(14-17)30-11-5-10-23-2;1-2-3-4-5;1-3-2-4;1-2/h4,6-7,14-16,23H,3,5,8-13H2,1-2H3,(H2,24,25,27);2,4H,1,3H2;2H,1H3,(H,3,4);2H2,1H3. The molecule has 0 unspecified atom stereocenters. The molecule has 0 atom stereocenters. The Hall–Kier alpha value is -3.87. The summed E-state index contributed by atoms with van der Waals surface area (Å²) in [6.07, 6.45) is 7.68. The van der Waals surface area contributed by atoms with E-state index in [1.807, 2.05) is 38.2 Å². The Kier molecular flexibility index (Phi) is 22.8. The van der Waals surface area contributed by atoms with Crippen LogP contribution in [0, 0.1) is 0 Å². The number of benzene rings is 1. The number of amides is 1. The molecule has 6 N–H and O–H groups in total. The molecule has 3 rings (SSSR count). The van der Waals surface area contributed by atoms with Gasteiger partial charge >= 0.3 is 0 Å². The number of carbonyl (C=O) groups is 3. The highest BCUT2D eigenvalue weighted by Crippen LogP contribution is 2.25. The van der Waals surface area contributed by atoms with Gasteiger partial charge in [-0.15, -0.1) is 6.58 Å². The number of carbonyl (C=O) groups excluding carboxylic acids is 3. The van der Waals surface area contributed by atoms with Gasteiger partial charge in [-0.1, -0.05) is 19.1 Å². The van der Waals surface area contributed by atoms with Crippen LogP contribution in [0.25, 0.3) is 0 Å². The van der Waals surface area contributed by atoms with Gasteiger partial charge in [-0.05, 0) is 58.5 Å². The summed E-state index contributed by atoms with van der Waals surface area (Å²) in [7, 11) is 4.98. The molecule has 12 nitrogen and oxygen atoms in total. The molecule has 0 radical (unpaired) electrons. The maximum Gasteiger partial charge on any atom is 0.206 e. The molecule has 1 amide bonds. The molecule has 0 aliphatic carbocycles. The second-order valence-electron chi connectivity index (χ2n) is 8.31. The average Bonchev–Trinajstić information content (AvgIpc) is 3.02. The number of nitrogens with one attached hydrogen (secondary N) is 4. The quantitative estimate of drug-likeness (QED) is 0.128. The SMILES string of the molecule is C=CCC=O.CCc1nc(C=O)c(Nc2cccc(OCCCNC)c2)nc1NC1CCOCC1.CN.CNC=O. The summed E-state index contributed by atoms with van der Waals surface area (Å²) < 4.78 is 11.2. The monoisotopic (exact) mass is 573 g/mol. The average molecular weight is 574 g/mol. The smallest absolute Gasteiger partial charge is 0.206 e. The van der Waals surface area contributed by atoms with Crippen LogP contribution >= 0.6 is 0 Å². The number of nitrogens with two attached hydrogens (primary N) is 1. The zero-order chi connectivity index (χ0) is 30.7. The minimum absolute atomic E-state index is 0.294. The van der Waals surface area contributed by atoms with Crippen LogP contribution in [0.4, 0.5) is 17.3 Å². The van der Waals surface area contributed by atoms with E-state index in [4.69, 9.17) is 19.3 Å². The predicted octanol–water partition coefficient (Wildman–Crippen LogP) is 2.87. The van der Waals surface area contributed by atoms with Crippen molar-refractivity contribution in [3.05, 3.63) is 48.3 Å². The van der Waals surface area contributed by atoms with Gasteiger partial charge in [0.05, 0.1) is 12.3 Å². The van der Waals surface area contributed by atoms with E-state index in [0.29, 0.717) is 43.4 Å². The normalized spacial score (nSPS) is 11.9. The number of anilines is 3. The Bertz CT molecular complexity index is 996. The Labute approximate surface area is 243 Å². The van der Waals surface area contributed by atoms with E-state index in [-0.39, 0.29) is 0 Å². The zero-order valence-corrected chi connectivity index (χ0v) is 24.8. The summed E-state index contributed by atoms with van der Waals surface area (Å²) in [5.41, 5.74) is 6.38. The lowest BCUT2D eigenvalue weighted by Gasteiger charge is -2.25. The lowest BCUT2D eigenvalue weighted by molar-refractivity contribution is -0.109. The third-order valence-electron chi connectivity index (χ3n) is 5.32. The van der Waals surface area contributed by atoms with Crippen LogP contribution < -0.4 is 31.7 Å². The molecular weight excluding hydrogens is 526 g/mol. The second-order valence-corrected chi connectivity index (χ2v) is 8.31. The van der Waals surface area contributed by atoms with Crippen molar-refractivity contribution >= 4 is 36.3 Å². The Morgan fingerprint density at radius 2 is 1.83 bits per heavy atom. The predicted molar refractivity (Wildman–Crippen MR) is 164 cm³/mol. The highest BCUT2D eigenvalue weighted by molar-refractivity contribution is 5.82. The summed E-state index contributed by atoms with van der Waals surface area (Å²) in [6.45, 7) is 8.35. The van der Waals surface area contributed by atoms with Crippen LogP contribution in [0.15, 0.2) is 36.9 Å². The van der Waals surface area contributed by atoms with Crippen LogP contribution in [0.5, 0.6) is 5.75 Å². The number of hydrogen-bond acceptors (Lipinski definition) is 11. The van der Waals surface area contributed by atoms with Crippen LogP contribution in [0.3, 0.4) is 0 Å². The van der Waals surface area contributed by atoms with Gasteiger partial charge in [0.15, 0.2) is 12.1 Å². The fraction of sp³-hybridized carbons (Fsp3) is 0.483. The molecule has 2 aromatic rings. The number of aromatic nitrogens is 2. The van der Waals surface area contributed by atoms with E-state index in [0.717, 1.165) is 74.5 Å². The first-order chi connectivity index (χ1) is 20.1. The fourth-order valence-electron chi connectivity index (χ4n) is 3.36. The molecule has 0 saturated carbocycles. The number of ether oxygens (including phenoxy) is 2. The fourth-order valence-corrected chi connectivity index (χ4v) is 3.36. The van der Waals surface area contributed by atoms with Crippen LogP contribution in [0.1, 0.15) is 48.8 Å². The summed E-state index contributed by atoms with van der Waals surface area (Å²) in [5.74, 6) is 1.92. The van der Waals surface area contributed by atoms with Gasteiger partial charge in [0.2, 0.25) is 6.41 Å². The molecule has 1 aromatic carbocycles. The maximum atomic E-state index is 11.6. The molecule has 41 heavy (non-hydrogen) atoms. The van der Waals surface area contributed by atoms with E-state index in [2.05, 4.69) is 38.6 Å². The molecule has 0 spiro atoms. The summed E-state index contributed by atoms with van der Waals surface area (Å²) in [5, 5.41) is 12.1. The van der Waals surface area contributed by atoms with E-state index >= 15 is 0 Å². The molecule has 228 valence electrons. The van der Waals surface area contributed by atoms with Crippen molar-refractivity contribution in [3.63, 3.8) is 0 Å². The third kappa shape index (κ3) is 16.1. The molecule has 1 aliphatic heterocycles. The van der Waals surface area contributed by atoms with E-state index in [9.17, 15) is 9.59 Å². The van der Waals surface area contributed by atoms with Crippen molar-refractivity contribution in [2.75, 3.05) is 58.1 Å². The van der Waals surface area contributed by atoms with Gasteiger partial charge in [-0.2, -0.15) is 0 Å². The molecule has 2 heterocycles. The number of aryl methyl sites for hydroxylation is 1. The molecule has 1 saturated heterocycles. The first kappa shape index (κ1) is 37.1. The maximum absolute atomic E-state index is 11.6. The molecule has 1 aromatic heterocycles. The highest BCUT2D eigenvalue weighted by atomic mass is 16.5. The first-order valence-corrected chi connectivity index (χ1v) is 13.6. The van der Waals surface area contributed by atoms with Gasteiger partial charge in [0.1, 0.15) is 23.5 Å². The summed E-state index contributed by atoms with van der Waals surface area (Å²) in [6, 6.07) is 7.92. The largest absolute Gasteiger partial charge is 0.493 e. The van der Waals surface area contributed by atoms with E-state index < -0.39 is 0 Å². The van der Waals surface area contributed by atoms with Crippen molar-refractivity contribution in [1.82, 2.24) is 20.6 Å². The van der Waals surface area contributed by atoms with Crippen LogP contribution in [-0.2, 0) is 20.7 Å². The van der Waals surface area contributed by atoms with Crippen molar-refractivity contribution < 1.29 is 23.9 Å². The second kappa shape index (κ2) is 25.1. The molecule has 1 fully saturated rings. The minimum atomic E-state index is 0.294. The van der Waals surface area contributed by atoms with Crippen molar-refractivity contribution in [1.29, 1.82) is 0 Å². The Morgan fingerprint density at radius 3 is 2.37 bits per heavy atom. The van der Waals surface area contributed by atoms with E-state index in [1.54, 1.807) is 13.1 Å². The number of allylic oxidation sites excluding steroid dienone is 1. The van der Waals surface area contributed by atoms with Gasteiger partial charge in [-0.25, -0.2) is 9.97 Å². The van der Waals surface area contributed by atoms with Crippen molar-refractivity contribution in [2.24, 2.45) is 5.73 Å². The van der Waals surface area contributed by atoms with E-state index in [1.165, 1.54) is 7.05 Å². The lowest BCUT2D eigenvalue weighted by atomic mass is 10.1. The van der Waals surface area contributed by atoms with Crippen LogP contribution in [-0.4, -0.2) is 82.5 Å².